The van der Waals surface area contributed by atoms with Gasteiger partial charge in [-0.1, -0.05) is 18.2 Å². The van der Waals surface area contributed by atoms with Gasteiger partial charge in [-0.25, -0.2) is 0 Å². The molecule has 0 bridgehead atoms. The summed E-state index contributed by atoms with van der Waals surface area (Å²) >= 11 is 0. The van der Waals surface area contributed by atoms with E-state index in [4.69, 9.17) is 0 Å². The normalized spacial score (nSPS) is 16.0. The smallest absolute Gasteiger partial charge is 0.350 e. The second kappa shape index (κ2) is 10.2. The van der Waals surface area contributed by atoms with Gasteiger partial charge in [0.05, 0.1) is 11.1 Å². The number of hydrogen-bond donors (Lipinski definition) is 2. The molecule has 0 radical (unpaired) electrons. The summed E-state index contributed by atoms with van der Waals surface area (Å²) in [5.41, 5.74) is 1.63. The molecule has 3 rings (SSSR count). The number of nitrogens with one attached hydrogen (secondary N) is 2. The average molecular weight is 439 g/mol. The molecule has 1 amide bonds. The summed E-state index contributed by atoms with van der Waals surface area (Å²) < 4.78 is 40.4. The van der Waals surface area contributed by atoms with E-state index in [2.05, 4.69) is 15.6 Å². The van der Waals surface area contributed by atoms with Crippen molar-refractivity contribution in [3.05, 3.63) is 41.6 Å². The molecular formula is C18H23Cl2F3N4O. The van der Waals surface area contributed by atoms with Gasteiger partial charge in [0.15, 0.2) is 0 Å². The van der Waals surface area contributed by atoms with E-state index in [0.717, 1.165) is 0 Å². The molecule has 0 saturated carbocycles. The van der Waals surface area contributed by atoms with Gasteiger partial charge < -0.3 is 10.6 Å². The minimum absolute atomic E-state index is 0. The Morgan fingerprint density at radius 2 is 1.89 bits per heavy atom. The molecular weight excluding hydrogens is 416 g/mol. The van der Waals surface area contributed by atoms with E-state index in [9.17, 15) is 18.0 Å². The number of hydrogen-bond acceptors (Lipinski definition) is 4. The molecule has 1 atom stereocenters. The third-order valence-electron chi connectivity index (χ3n) is 4.52. The monoisotopic (exact) mass is 438 g/mol. The van der Waals surface area contributed by atoms with Crippen LogP contribution in [0.4, 0.5) is 13.2 Å². The standard InChI is InChI=1S/C18H21F3N4O.2ClH/c1-12-10-14(13-4-2-3-5-15(13)24-12)17(26)23-11-16(18(19,20)21)25-8-6-22-7-9-25;;/h2-5,10,16,22H,6-9,11H2,1H3,(H,23,26);2*1H. The molecule has 0 aliphatic carbocycles. The Morgan fingerprint density at radius 1 is 1.25 bits per heavy atom. The molecule has 5 nitrogen and oxygen atoms in total. The van der Waals surface area contributed by atoms with Crippen molar-refractivity contribution in [2.45, 2.75) is 19.1 Å². The van der Waals surface area contributed by atoms with E-state index < -0.39 is 24.7 Å². The van der Waals surface area contributed by atoms with Crippen LogP contribution in [0, 0.1) is 6.92 Å². The van der Waals surface area contributed by atoms with Crippen molar-refractivity contribution in [2.75, 3.05) is 32.7 Å². The Labute approximate surface area is 173 Å². The first kappa shape index (κ1) is 24.4. The van der Waals surface area contributed by atoms with Crippen LogP contribution in [-0.2, 0) is 0 Å². The molecule has 0 spiro atoms. The van der Waals surface area contributed by atoms with E-state index in [-0.39, 0.29) is 24.8 Å². The molecule has 28 heavy (non-hydrogen) atoms. The molecule has 1 aliphatic heterocycles. The van der Waals surface area contributed by atoms with Crippen molar-refractivity contribution in [1.82, 2.24) is 20.5 Å². The fraction of sp³-hybridized carbons (Fsp3) is 0.444. The van der Waals surface area contributed by atoms with Gasteiger partial charge in [-0.15, -0.1) is 24.8 Å². The van der Waals surface area contributed by atoms with Gasteiger partial charge in [-0.2, -0.15) is 13.2 Å². The lowest BCUT2D eigenvalue weighted by Crippen LogP contribution is -2.57. The Morgan fingerprint density at radius 3 is 2.54 bits per heavy atom. The number of fused-ring (bicyclic) bond motifs is 1. The summed E-state index contributed by atoms with van der Waals surface area (Å²) in [6.07, 6.45) is -4.40. The number of aromatic nitrogens is 1. The highest BCUT2D eigenvalue weighted by Crippen LogP contribution is 2.25. The van der Waals surface area contributed by atoms with Crippen LogP contribution >= 0.6 is 24.8 Å². The van der Waals surface area contributed by atoms with Crippen molar-refractivity contribution >= 4 is 41.6 Å². The third-order valence-corrected chi connectivity index (χ3v) is 4.52. The molecule has 2 aromatic rings. The van der Waals surface area contributed by atoms with Crippen LogP contribution in [-0.4, -0.2) is 60.7 Å². The van der Waals surface area contributed by atoms with Crippen molar-refractivity contribution in [2.24, 2.45) is 0 Å². The molecule has 1 saturated heterocycles. The molecule has 1 unspecified atom stereocenters. The van der Waals surface area contributed by atoms with E-state index in [1.165, 1.54) is 4.90 Å². The molecule has 10 heteroatoms. The highest BCUT2D eigenvalue weighted by atomic mass is 35.5. The number of para-hydroxylation sites is 1. The first-order valence-corrected chi connectivity index (χ1v) is 8.52. The number of pyridine rings is 1. The number of carbonyl (C=O) groups is 1. The summed E-state index contributed by atoms with van der Waals surface area (Å²) in [5.74, 6) is -0.518. The topological polar surface area (TPSA) is 57.3 Å². The number of benzene rings is 1. The maximum Gasteiger partial charge on any atom is 0.405 e. The molecule has 156 valence electrons. The van der Waals surface area contributed by atoms with Gasteiger partial charge in [0.25, 0.3) is 5.91 Å². The summed E-state index contributed by atoms with van der Waals surface area (Å²) in [4.78, 5) is 18.3. The molecule has 1 aromatic carbocycles. The lowest BCUT2D eigenvalue weighted by atomic mass is 10.1. The van der Waals surface area contributed by atoms with Crippen LogP contribution in [0.5, 0.6) is 0 Å². The highest BCUT2D eigenvalue weighted by Gasteiger charge is 2.43. The first-order valence-electron chi connectivity index (χ1n) is 8.52. The zero-order chi connectivity index (χ0) is 18.7. The molecule has 2 N–H and O–H groups in total. The maximum atomic E-state index is 13.5. The molecule has 2 heterocycles. The van der Waals surface area contributed by atoms with E-state index in [1.807, 2.05) is 0 Å². The fourth-order valence-electron chi connectivity index (χ4n) is 3.23. The molecule has 1 fully saturated rings. The van der Waals surface area contributed by atoms with Crippen molar-refractivity contribution in [3.63, 3.8) is 0 Å². The largest absolute Gasteiger partial charge is 0.405 e. The number of alkyl halides is 3. The van der Waals surface area contributed by atoms with Gasteiger partial charge in [-0.05, 0) is 19.1 Å². The zero-order valence-electron chi connectivity index (χ0n) is 15.3. The second-order valence-corrected chi connectivity index (χ2v) is 6.38. The second-order valence-electron chi connectivity index (χ2n) is 6.38. The number of piperazine rings is 1. The zero-order valence-corrected chi connectivity index (χ0v) is 16.9. The van der Waals surface area contributed by atoms with E-state index in [1.54, 1.807) is 37.3 Å². The van der Waals surface area contributed by atoms with Crippen LogP contribution in [0.1, 0.15) is 16.1 Å². The predicted octanol–water partition coefficient (Wildman–Crippen LogP) is 2.95. The Hall–Kier alpha value is -1.61. The van der Waals surface area contributed by atoms with Crippen molar-refractivity contribution in [1.29, 1.82) is 0 Å². The maximum absolute atomic E-state index is 13.5. The predicted molar refractivity (Wildman–Crippen MR) is 108 cm³/mol. The number of carbonyl (C=O) groups excluding carboxylic acids is 1. The Kier molecular flexibility index (Phi) is 8.94. The SMILES string of the molecule is Cc1cc(C(=O)NCC(N2CCNCC2)C(F)(F)F)c2ccccc2n1.Cl.Cl. The first-order chi connectivity index (χ1) is 12.4. The summed E-state index contributed by atoms with van der Waals surface area (Å²) in [6, 6.07) is 7.01. The molecule has 1 aliphatic rings. The van der Waals surface area contributed by atoms with Crippen LogP contribution in [0.15, 0.2) is 30.3 Å². The minimum atomic E-state index is -4.40. The molecule has 1 aromatic heterocycles. The van der Waals surface area contributed by atoms with E-state index in [0.29, 0.717) is 48.3 Å². The minimum Gasteiger partial charge on any atom is -0.350 e. The van der Waals surface area contributed by atoms with Crippen LogP contribution in [0.25, 0.3) is 10.9 Å². The summed E-state index contributed by atoms with van der Waals surface area (Å²) in [5, 5.41) is 6.13. The number of aryl methyl sites for hydroxylation is 1. The average Bonchev–Trinajstić information content (AvgIpc) is 2.60. The van der Waals surface area contributed by atoms with Crippen LogP contribution < -0.4 is 10.6 Å². The van der Waals surface area contributed by atoms with Crippen molar-refractivity contribution < 1.29 is 18.0 Å². The number of halogens is 5. The van der Waals surface area contributed by atoms with E-state index >= 15 is 0 Å². The Balaban J connectivity index is 0.00000196. The summed E-state index contributed by atoms with van der Waals surface area (Å²) in [7, 11) is 0. The van der Waals surface area contributed by atoms with Gasteiger partial charge in [0.2, 0.25) is 0 Å². The van der Waals surface area contributed by atoms with Gasteiger partial charge in [0, 0.05) is 43.8 Å². The highest BCUT2D eigenvalue weighted by molar-refractivity contribution is 6.06. The van der Waals surface area contributed by atoms with Crippen molar-refractivity contribution in [3.8, 4) is 0 Å². The number of rotatable bonds is 4. The van der Waals surface area contributed by atoms with Gasteiger partial charge in [-0.3, -0.25) is 14.7 Å². The van der Waals surface area contributed by atoms with Gasteiger partial charge >= 0.3 is 6.18 Å². The Bertz CT molecular complexity index is 798. The van der Waals surface area contributed by atoms with Crippen LogP contribution in [0.2, 0.25) is 0 Å². The summed E-state index contributed by atoms with van der Waals surface area (Å²) in [6.45, 7) is 2.90. The third kappa shape index (κ3) is 5.70. The number of amides is 1. The fourth-order valence-corrected chi connectivity index (χ4v) is 3.23. The lowest BCUT2D eigenvalue weighted by Gasteiger charge is -2.35. The van der Waals surface area contributed by atoms with Gasteiger partial charge in [0.1, 0.15) is 6.04 Å². The lowest BCUT2D eigenvalue weighted by molar-refractivity contribution is -0.183. The van der Waals surface area contributed by atoms with Crippen LogP contribution in [0.3, 0.4) is 0 Å². The number of nitrogens with zero attached hydrogens (tertiary/aromatic N) is 2. The quantitative estimate of drug-likeness (QED) is 0.770.